The molecular formula is C27H21BrFIN2O5S. The Bertz CT molecular complexity index is 1420. The van der Waals surface area contributed by atoms with E-state index >= 15 is 0 Å². The summed E-state index contributed by atoms with van der Waals surface area (Å²) >= 11 is 6.37. The highest BCUT2D eigenvalue weighted by Crippen LogP contribution is 2.40. The van der Waals surface area contributed by atoms with Crippen LogP contribution in [0.2, 0.25) is 0 Å². The van der Waals surface area contributed by atoms with Gasteiger partial charge in [0.1, 0.15) is 19.0 Å². The van der Waals surface area contributed by atoms with Gasteiger partial charge in [0.15, 0.2) is 11.5 Å². The first-order valence-corrected chi connectivity index (χ1v) is 14.1. The molecule has 0 aliphatic carbocycles. The van der Waals surface area contributed by atoms with Crippen molar-refractivity contribution in [3.63, 3.8) is 0 Å². The number of halogens is 3. The number of nitrogens with one attached hydrogen (secondary N) is 1. The van der Waals surface area contributed by atoms with Crippen molar-refractivity contribution in [2.24, 2.45) is 0 Å². The molecule has 7 nitrogen and oxygen atoms in total. The zero-order valence-corrected chi connectivity index (χ0v) is 24.6. The number of benzene rings is 3. The molecule has 3 amide bonds. The normalized spacial score (nSPS) is 14.2. The molecule has 0 saturated carbocycles. The highest BCUT2D eigenvalue weighted by Gasteiger charge is 2.36. The zero-order valence-electron chi connectivity index (χ0n) is 20.0. The van der Waals surface area contributed by atoms with E-state index in [1.54, 1.807) is 48.5 Å². The number of hydrogen-bond acceptors (Lipinski definition) is 6. The van der Waals surface area contributed by atoms with Gasteiger partial charge in [-0.05, 0) is 111 Å². The third-order valence-corrected chi connectivity index (χ3v) is 7.48. The molecule has 0 spiro atoms. The Morgan fingerprint density at radius 2 is 1.87 bits per heavy atom. The quantitative estimate of drug-likeness (QED) is 0.193. The maximum atomic E-state index is 14.0. The van der Waals surface area contributed by atoms with Gasteiger partial charge in [-0.2, -0.15) is 0 Å². The van der Waals surface area contributed by atoms with Crippen molar-refractivity contribution < 1.29 is 28.2 Å². The summed E-state index contributed by atoms with van der Waals surface area (Å²) in [6.45, 7) is 1.75. The van der Waals surface area contributed by atoms with Crippen LogP contribution in [0, 0.1) is 9.39 Å². The summed E-state index contributed by atoms with van der Waals surface area (Å²) in [6, 6.07) is 16.9. The number of nitrogens with zero attached hydrogens (tertiary/aromatic N) is 1. The molecule has 0 aromatic heterocycles. The lowest BCUT2D eigenvalue weighted by Crippen LogP contribution is -2.36. The maximum Gasteiger partial charge on any atom is 0.294 e. The van der Waals surface area contributed by atoms with Crippen LogP contribution < -0.4 is 14.8 Å². The van der Waals surface area contributed by atoms with Crippen LogP contribution in [0.3, 0.4) is 0 Å². The van der Waals surface area contributed by atoms with Gasteiger partial charge in [0.05, 0.1) is 16.0 Å². The lowest BCUT2D eigenvalue weighted by atomic mass is 10.1. The Labute approximate surface area is 245 Å². The monoisotopic (exact) mass is 710 g/mol. The van der Waals surface area contributed by atoms with E-state index in [2.05, 4.69) is 43.8 Å². The lowest BCUT2D eigenvalue weighted by molar-refractivity contribution is -0.127. The molecule has 38 heavy (non-hydrogen) atoms. The SMILES string of the molecule is CCOc1cc(/C=C2\SC(=O)N(CC(=O)Nc3ccc(I)cc3)C2=O)cc(Br)c1OCc1ccccc1F. The molecule has 3 aromatic carbocycles. The second-order valence-electron chi connectivity index (χ2n) is 7.97. The van der Waals surface area contributed by atoms with Gasteiger partial charge >= 0.3 is 0 Å². The average Bonchev–Trinajstić information content (AvgIpc) is 3.13. The summed E-state index contributed by atoms with van der Waals surface area (Å²) in [6.07, 6.45) is 1.55. The van der Waals surface area contributed by atoms with Gasteiger partial charge in [-0.3, -0.25) is 19.3 Å². The molecule has 0 unspecified atom stereocenters. The van der Waals surface area contributed by atoms with Crippen molar-refractivity contribution in [2.45, 2.75) is 13.5 Å². The number of thioether (sulfide) groups is 1. The molecular weight excluding hydrogens is 690 g/mol. The smallest absolute Gasteiger partial charge is 0.294 e. The first-order valence-electron chi connectivity index (χ1n) is 11.4. The van der Waals surface area contributed by atoms with Gasteiger partial charge in [-0.1, -0.05) is 18.2 Å². The number of hydrogen-bond donors (Lipinski definition) is 1. The largest absolute Gasteiger partial charge is 0.490 e. The van der Waals surface area contributed by atoms with Gasteiger partial charge in [0.2, 0.25) is 5.91 Å². The average molecular weight is 711 g/mol. The minimum atomic E-state index is -0.563. The van der Waals surface area contributed by atoms with Gasteiger partial charge in [0, 0.05) is 14.8 Å². The third kappa shape index (κ3) is 6.94. The molecule has 1 fully saturated rings. The van der Waals surface area contributed by atoms with Crippen molar-refractivity contribution in [3.8, 4) is 11.5 Å². The van der Waals surface area contributed by atoms with E-state index in [1.807, 2.05) is 19.1 Å². The Balaban J connectivity index is 1.49. The van der Waals surface area contributed by atoms with Gasteiger partial charge in [0.25, 0.3) is 11.1 Å². The van der Waals surface area contributed by atoms with Crippen LogP contribution in [0.4, 0.5) is 14.9 Å². The number of amides is 3. The molecule has 196 valence electrons. The number of carbonyl (C=O) groups is 3. The molecule has 3 aromatic rings. The van der Waals surface area contributed by atoms with Crippen LogP contribution in [0.1, 0.15) is 18.1 Å². The fourth-order valence-corrected chi connectivity index (χ4v) is 5.28. The fraction of sp³-hybridized carbons (Fsp3) is 0.148. The van der Waals surface area contributed by atoms with Crippen LogP contribution in [0.15, 0.2) is 70.0 Å². The minimum absolute atomic E-state index is 0.00609. The predicted molar refractivity (Wildman–Crippen MR) is 157 cm³/mol. The fourth-order valence-electron chi connectivity index (χ4n) is 3.50. The van der Waals surface area contributed by atoms with Crippen molar-refractivity contribution >= 4 is 79.1 Å². The van der Waals surface area contributed by atoms with Gasteiger partial charge in [-0.15, -0.1) is 0 Å². The third-order valence-electron chi connectivity index (χ3n) is 5.26. The lowest BCUT2D eigenvalue weighted by Gasteiger charge is -2.15. The Kier molecular flexibility index (Phi) is 9.44. The zero-order chi connectivity index (χ0) is 27.2. The molecule has 1 saturated heterocycles. The highest BCUT2D eigenvalue weighted by molar-refractivity contribution is 14.1. The number of ether oxygens (including phenoxy) is 2. The maximum absolute atomic E-state index is 14.0. The number of imide groups is 1. The first-order chi connectivity index (χ1) is 18.2. The summed E-state index contributed by atoms with van der Waals surface area (Å²) in [5.41, 5.74) is 1.54. The minimum Gasteiger partial charge on any atom is -0.490 e. The summed E-state index contributed by atoms with van der Waals surface area (Å²) in [5, 5.41) is 2.15. The number of carbonyl (C=O) groups excluding carboxylic acids is 3. The van der Waals surface area contributed by atoms with E-state index in [9.17, 15) is 18.8 Å². The Hall–Kier alpha value is -2.90. The molecule has 0 radical (unpaired) electrons. The van der Waals surface area contributed by atoms with E-state index in [0.29, 0.717) is 39.4 Å². The Morgan fingerprint density at radius 1 is 1.13 bits per heavy atom. The highest BCUT2D eigenvalue weighted by atomic mass is 127. The second kappa shape index (κ2) is 12.8. The second-order valence-corrected chi connectivity index (χ2v) is 11.1. The standard InChI is InChI=1S/C27H21BrFIN2O5S/c1-2-36-22-12-16(11-20(28)25(22)37-15-17-5-3-4-6-21(17)29)13-23-26(34)32(27(35)38-23)14-24(33)31-19-9-7-18(30)8-10-19/h3-13H,2,14-15H2,1H3,(H,31,33)/b23-13-. The van der Waals surface area contributed by atoms with Crippen molar-refractivity contribution in [3.05, 3.63) is 90.6 Å². The van der Waals surface area contributed by atoms with E-state index < -0.39 is 23.6 Å². The van der Waals surface area contributed by atoms with Crippen LogP contribution in [0.5, 0.6) is 11.5 Å². The van der Waals surface area contributed by atoms with Crippen molar-refractivity contribution in [1.29, 1.82) is 0 Å². The van der Waals surface area contributed by atoms with E-state index in [0.717, 1.165) is 20.2 Å². The molecule has 1 N–H and O–H groups in total. The molecule has 11 heteroatoms. The summed E-state index contributed by atoms with van der Waals surface area (Å²) in [4.78, 5) is 39.0. The van der Waals surface area contributed by atoms with Crippen molar-refractivity contribution in [2.75, 3.05) is 18.5 Å². The van der Waals surface area contributed by atoms with Crippen LogP contribution in [-0.2, 0) is 16.2 Å². The first kappa shape index (κ1) is 28.1. The molecule has 0 bridgehead atoms. The van der Waals surface area contributed by atoms with E-state index in [1.165, 1.54) is 6.07 Å². The van der Waals surface area contributed by atoms with Crippen molar-refractivity contribution in [1.82, 2.24) is 4.90 Å². The topological polar surface area (TPSA) is 84.9 Å². The van der Waals surface area contributed by atoms with E-state index in [4.69, 9.17) is 9.47 Å². The molecule has 1 aliphatic heterocycles. The van der Waals surface area contributed by atoms with Gasteiger partial charge < -0.3 is 14.8 Å². The van der Waals surface area contributed by atoms with Gasteiger partial charge in [-0.25, -0.2) is 4.39 Å². The number of anilines is 1. The molecule has 1 heterocycles. The molecule has 0 atom stereocenters. The molecule has 4 rings (SSSR count). The molecule has 1 aliphatic rings. The number of rotatable bonds is 9. The predicted octanol–water partition coefficient (Wildman–Crippen LogP) is 6.85. The van der Waals surface area contributed by atoms with Crippen LogP contribution in [0.25, 0.3) is 6.08 Å². The van der Waals surface area contributed by atoms with Crippen LogP contribution in [-0.4, -0.2) is 35.1 Å². The summed E-state index contributed by atoms with van der Waals surface area (Å²) < 4.78 is 27.1. The summed E-state index contributed by atoms with van der Waals surface area (Å²) in [5.74, 6) is -0.645. The van der Waals surface area contributed by atoms with E-state index in [-0.39, 0.29) is 17.3 Å². The Morgan fingerprint density at radius 3 is 2.58 bits per heavy atom. The summed E-state index contributed by atoms with van der Waals surface area (Å²) in [7, 11) is 0. The van der Waals surface area contributed by atoms with Crippen LogP contribution >= 0.6 is 50.3 Å².